The molecule has 6 heterocycles. The molecule has 6 rings (SSSR count). The molecule has 6 aliphatic heterocycles. The first kappa shape index (κ1) is 46.5. The fraction of sp³-hybridized carbons (Fsp3) is 0.909. The summed E-state index contributed by atoms with van der Waals surface area (Å²) in [6.45, 7) is 31.2. The van der Waals surface area contributed by atoms with Crippen LogP contribution in [0.5, 0.6) is 0 Å². The predicted molar refractivity (Wildman–Crippen MR) is 223 cm³/mol. The normalized spacial score (nSPS) is 40.5. The van der Waals surface area contributed by atoms with Crippen molar-refractivity contribution in [1.82, 2.24) is 0 Å². The lowest BCUT2D eigenvalue weighted by molar-refractivity contribution is -0.132. The third-order valence-electron chi connectivity index (χ3n) is 9.34. The molecule has 0 atom stereocenters. The van der Waals surface area contributed by atoms with Crippen LogP contribution in [0.4, 0.5) is 0 Å². The van der Waals surface area contributed by atoms with Crippen LogP contribution in [-0.4, -0.2) is 81.5 Å². The van der Waals surface area contributed by atoms with E-state index in [1.54, 1.807) is 13.0 Å². The van der Waals surface area contributed by atoms with Gasteiger partial charge in [-0.25, -0.2) is 4.79 Å². The van der Waals surface area contributed by atoms with Crippen molar-refractivity contribution in [3.63, 3.8) is 0 Å². The molecule has 0 aromatic heterocycles. The Morgan fingerprint density at radius 1 is 0.382 bits per heavy atom. The lowest BCUT2D eigenvalue weighted by Gasteiger charge is -2.64. The van der Waals surface area contributed by atoms with Crippen molar-refractivity contribution in [3.05, 3.63) is 11.6 Å². The van der Waals surface area contributed by atoms with Gasteiger partial charge in [-0.2, -0.15) is 0 Å². The second-order valence-electron chi connectivity index (χ2n) is 19.3. The standard InChI is InChI=1S/C33H70O14Si8/c1-25(2)18-49-36-48(17-16-32(15)33(34)35)37-50(19-26(3)4)41-52(39-49,21-28(7)8)45-55(24-31(13)14)46-53(40-49,22-29(9)10)42-51(38-48,20-27(5)6)44-54(43-50,47-55)23-30(11)12/h16,25-31H,17-24H2,1-15H3,(H,34,35)/b32-16+. The van der Waals surface area contributed by atoms with E-state index in [-0.39, 0.29) is 53.0 Å². The fourth-order valence-electron chi connectivity index (χ4n) is 8.21. The van der Waals surface area contributed by atoms with E-state index >= 15 is 0 Å². The van der Waals surface area contributed by atoms with Crippen LogP contribution in [0.1, 0.15) is 104 Å². The summed E-state index contributed by atoms with van der Waals surface area (Å²) in [5.41, 5.74) is 0.130. The van der Waals surface area contributed by atoms with Gasteiger partial charge >= 0.3 is 76.4 Å². The summed E-state index contributed by atoms with van der Waals surface area (Å²) in [6.07, 6.45) is 1.62. The molecule has 8 bridgehead atoms. The summed E-state index contributed by atoms with van der Waals surface area (Å²) in [5, 5.41) is 10.1. The largest absolute Gasteiger partial charge is 0.482 e. The number of rotatable bonds is 17. The first-order chi connectivity index (χ1) is 25.2. The highest BCUT2D eigenvalue weighted by Gasteiger charge is 2.83. The number of aliphatic carboxylic acids is 1. The Morgan fingerprint density at radius 2 is 0.545 bits per heavy atom. The summed E-state index contributed by atoms with van der Waals surface area (Å²) in [6, 6.07) is 2.83. The van der Waals surface area contributed by atoms with Crippen molar-refractivity contribution in [2.45, 2.75) is 152 Å². The third kappa shape index (κ3) is 10.9. The minimum absolute atomic E-state index is 0.00531. The summed E-state index contributed by atoms with van der Waals surface area (Å²) < 4.78 is 92.1. The Kier molecular flexibility index (Phi) is 14.2. The number of carboxylic acid groups (broad SMARTS) is 1. The molecule has 0 aromatic carbocycles. The summed E-state index contributed by atoms with van der Waals surface area (Å²) in [5.74, 6) is -0.642. The Hall–Kier alpha value is 0.465. The second kappa shape index (κ2) is 16.7. The molecule has 14 nitrogen and oxygen atoms in total. The van der Waals surface area contributed by atoms with Crippen molar-refractivity contribution >= 4 is 76.4 Å². The molecule has 1 N–H and O–H groups in total. The van der Waals surface area contributed by atoms with E-state index in [0.29, 0.717) is 42.3 Å². The molecule has 0 spiro atoms. The van der Waals surface area contributed by atoms with Crippen LogP contribution in [0.3, 0.4) is 0 Å². The number of hydrogen-bond donors (Lipinski definition) is 1. The number of hydrogen-bond acceptors (Lipinski definition) is 13. The SMILES string of the molecule is C/C(=C\C[Si]12O[Si]3(CC(C)C)O[Si]4(CC(C)C)O[Si](CC(C)C)(O1)O[Si]1(CC(C)C)O[Si](CC(C)C)(O2)O[Si](CC(C)C)(O3)O[Si](CC(C)C)(O4)O1)C(=O)O. The number of carboxylic acids is 1. The third-order valence-corrected chi connectivity index (χ3v) is 49.1. The summed E-state index contributed by atoms with van der Waals surface area (Å²) in [4.78, 5) is 12.3. The maximum atomic E-state index is 12.3. The van der Waals surface area contributed by atoms with Crippen LogP contribution >= 0.6 is 0 Å². The fourth-order valence-corrected chi connectivity index (χ4v) is 59.5. The monoisotopic (exact) mass is 914 g/mol. The van der Waals surface area contributed by atoms with Gasteiger partial charge in [0.25, 0.3) is 0 Å². The molecule has 22 heteroatoms. The van der Waals surface area contributed by atoms with Gasteiger partial charge in [-0.3, -0.25) is 0 Å². The molecular formula is C33H70O14Si8. The average molecular weight is 916 g/mol. The lowest BCUT2D eigenvalue weighted by Crippen LogP contribution is -2.88. The minimum Gasteiger partial charge on any atom is -0.478 e. The average Bonchev–Trinajstić information content (AvgIpc) is 2.88. The molecule has 0 unspecified atom stereocenters. The van der Waals surface area contributed by atoms with E-state index in [1.165, 1.54) is 0 Å². The minimum atomic E-state index is -4.24. The number of carbonyl (C=O) groups is 1. The van der Waals surface area contributed by atoms with Gasteiger partial charge in [-0.05, 0) is 48.3 Å². The Bertz CT molecular complexity index is 1260. The van der Waals surface area contributed by atoms with Crippen LogP contribution < -0.4 is 0 Å². The molecule has 0 aliphatic carbocycles. The van der Waals surface area contributed by atoms with Crippen molar-refractivity contribution in [2.75, 3.05) is 0 Å². The molecule has 55 heavy (non-hydrogen) atoms. The Balaban J connectivity index is 1.98. The second-order valence-corrected chi connectivity index (χ2v) is 43.3. The van der Waals surface area contributed by atoms with E-state index < -0.39 is 76.4 Å². The van der Waals surface area contributed by atoms with E-state index in [2.05, 4.69) is 96.9 Å². The smallest absolute Gasteiger partial charge is 0.478 e. The first-order valence-corrected chi connectivity index (χ1v) is 36.0. The molecule has 0 saturated carbocycles. The lowest BCUT2D eigenvalue weighted by atomic mass is 10.3. The van der Waals surface area contributed by atoms with Gasteiger partial charge in [0.1, 0.15) is 0 Å². The van der Waals surface area contributed by atoms with Crippen LogP contribution in [-0.2, 0) is 54.2 Å². The van der Waals surface area contributed by atoms with Crippen molar-refractivity contribution in [1.29, 1.82) is 0 Å². The summed E-state index contributed by atoms with van der Waals surface area (Å²) in [7, 11) is -32.3. The molecule has 0 aromatic rings. The van der Waals surface area contributed by atoms with Crippen LogP contribution in [0, 0.1) is 41.4 Å². The topological polar surface area (TPSA) is 148 Å². The van der Waals surface area contributed by atoms with E-state index in [1.807, 2.05) is 0 Å². The van der Waals surface area contributed by atoms with Gasteiger partial charge in [0.2, 0.25) is 0 Å². The first-order valence-electron chi connectivity index (χ1n) is 20.5. The molecule has 6 saturated heterocycles. The highest BCUT2D eigenvalue weighted by molar-refractivity contribution is 7.03. The molecule has 0 amide bonds. The van der Waals surface area contributed by atoms with Gasteiger partial charge in [0, 0.05) is 53.9 Å². The molecule has 6 fully saturated rings. The molecular weight excluding hydrogens is 845 g/mol. The number of allylic oxidation sites excluding steroid dienone is 1. The zero-order chi connectivity index (χ0) is 41.0. The van der Waals surface area contributed by atoms with Crippen LogP contribution in [0.15, 0.2) is 11.6 Å². The molecule has 6 aliphatic rings. The highest BCUT2D eigenvalue weighted by Crippen LogP contribution is 2.55. The van der Waals surface area contributed by atoms with E-state index in [0.717, 1.165) is 0 Å². The van der Waals surface area contributed by atoms with Gasteiger partial charge in [-0.15, -0.1) is 0 Å². The van der Waals surface area contributed by atoms with E-state index in [4.69, 9.17) is 49.4 Å². The van der Waals surface area contributed by atoms with E-state index in [9.17, 15) is 9.90 Å². The van der Waals surface area contributed by atoms with Crippen molar-refractivity contribution in [3.8, 4) is 0 Å². The van der Waals surface area contributed by atoms with Crippen molar-refractivity contribution in [2.24, 2.45) is 41.4 Å². The van der Waals surface area contributed by atoms with Gasteiger partial charge < -0.3 is 54.5 Å². The maximum absolute atomic E-state index is 12.3. The Labute approximate surface area is 339 Å². The molecule has 0 radical (unpaired) electrons. The Morgan fingerprint density at radius 3 is 0.691 bits per heavy atom. The van der Waals surface area contributed by atoms with Gasteiger partial charge in [0.05, 0.1) is 0 Å². The van der Waals surface area contributed by atoms with Crippen LogP contribution in [0.2, 0.25) is 48.4 Å². The zero-order valence-corrected chi connectivity index (χ0v) is 44.0. The summed E-state index contributed by atoms with van der Waals surface area (Å²) >= 11 is 0. The predicted octanol–water partition coefficient (Wildman–Crippen LogP) is 8.39. The maximum Gasteiger partial charge on any atom is 0.482 e. The van der Waals surface area contributed by atoms with Gasteiger partial charge in [0.15, 0.2) is 0 Å². The zero-order valence-electron chi connectivity index (χ0n) is 36.0. The van der Waals surface area contributed by atoms with Gasteiger partial charge in [-0.1, -0.05) is 103 Å². The highest BCUT2D eigenvalue weighted by atomic mass is 28.6. The van der Waals surface area contributed by atoms with Crippen LogP contribution in [0.25, 0.3) is 0 Å². The quantitative estimate of drug-likeness (QED) is 0.110. The van der Waals surface area contributed by atoms with Crippen molar-refractivity contribution < 1.29 is 59.3 Å². The molecule has 318 valence electrons.